The summed E-state index contributed by atoms with van der Waals surface area (Å²) >= 11 is 12.3. The number of ether oxygens (including phenoxy) is 1. The largest absolute Gasteiger partial charge is 0.451 e. The molecule has 2 aliphatic heterocycles. The summed E-state index contributed by atoms with van der Waals surface area (Å²) in [6.07, 6.45) is 0. The van der Waals surface area contributed by atoms with E-state index in [1.807, 2.05) is 11.0 Å². The van der Waals surface area contributed by atoms with Crippen LogP contribution < -0.4 is 9.80 Å². The third kappa shape index (κ3) is 5.00. The number of furan rings is 1. The summed E-state index contributed by atoms with van der Waals surface area (Å²) in [4.78, 5) is 30.2. The Kier molecular flexibility index (Phi) is 7.04. The molecule has 3 heterocycles. The summed E-state index contributed by atoms with van der Waals surface area (Å²) < 4.78 is 11.2. The molecular weight excluding hydrogens is 507 g/mol. The third-order valence-corrected chi connectivity index (χ3v) is 7.01. The lowest BCUT2D eigenvalue weighted by molar-refractivity contribution is -0.384. The monoisotopic (exact) mass is 530 g/mol. The van der Waals surface area contributed by atoms with Crippen LogP contribution in [0.15, 0.2) is 52.9 Å². The molecule has 0 atom stereocenters. The van der Waals surface area contributed by atoms with Crippen LogP contribution >= 0.6 is 23.2 Å². The maximum Gasteiger partial charge on any atom is 0.292 e. The van der Waals surface area contributed by atoms with Crippen LogP contribution in [0, 0.1) is 10.1 Å². The molecule has 2 aromatic carbocycles. The normalized spacial score (nSPS) is 16.3. The Morgan fingerprint density at radius 3 is 2.36 bits per heavy atom. The number of nitro benzene ring substituents is 1. The number of carbonyl (C=O) groups is 1. The van der Waals surface area contributed by atoms with Gasteiger partial charge in [0, 0.05) is 61.6 Å². The Balaban J connectivity index is 1.27. The highest BCUT2D eigenvalue weighted by atomic mass is 35.5. The maximum absolute atomic E-state index is 13.1. The number of nitro groups is 1. The summed E-state index contributed by atoms with van der Waals surface area (Å²) in [5.41, 5.74) is 2.21. The molecule has 11 heteroatoms. The highest BCUT2D eigenvalue weighted by Gasteiger charge is 2.27. The summed E-state index contributed by atoms with van der Waals surface area (Å²) in [5, 5.41) is 12.6. The first-order valence-electron chi connectivity index (χ1n) is 11.6. The number of benzene rings is 2. The minimum Gasteiger partial charge on any atom is -0.451 e. The van der Waals surface area contributed by atoms with Gasteiger partial charge in [-0.1, -0.05) is 23.2 Å². The Morgan fingerprint density at radius 1 is 0.889 bits per heavy atom. The average molecular weight is 531 g/mol. The van der Waals surface area contributed by atoms with Crippen molar-refractivity contribution in [2.75, 3.05) is 62.3 Å². The Labute approximate surface area is 217 Å². The van der Waals surface area contributed by atoms with Crippen molar-refractivity contribution in [1.29, 1.82) is 0 Å². The van der Waals surface area contributed by atoms with E-state index in [-0.39, 0.29) is 22.3 Å². The molecule has 1 aromatic heterocycles. The van der Waals surface area contributed by atoms with Gasteiger partial charge >= 0.3 is 0 Å². The second kappa shape index (κ2) is 10.4. The SMILES string of the molecule is O=C(c1ccc(-c2cc(Cl)ccc2Cl)o1)N1CCN(c2ccc([N+](=O)[O-])c(N3CCOCC3)c2)CC1. The lowest BCUT2D eigenvalue weighted by Gasteiger charge is -2.36. The van der Waals surface area contributed by atoms with Gasteiger partial charge in [-0.2, -0.15) is 0 Å². The van der Waals surface area contributed by atoms with E-state index in [9.17, 15) is 14.9 Å². The Morgan fingerprint density at radius 2 is 1.64 bits per heavy atom. The van der Waals surface area contributed by atoms with Gasteiger partial charge in [-0.25, -0.2) is 0 Å². The molecule has 0 unspecified atom stereocenters. The predicted molar refractivity (Wildman–Crippen MR) is 138 cm³/mol. The van der Waals surface area contributed by atoms with Gasteiger partial charge in [0.05, 0.1) is 23.2 Å². The highest BCUT2D eigenvalue weighted by molar-refractivity contribution is 6.35. The number of carbonyl (C=O) groups excluding carboxylic acids is 1. The van der Waals surface area contributed by atoms with Crippen LogP contribution in [0.5, 0.6) is 0 Å². The van der Waals surface area contributed by atoms with Crippen molar-refractivity contribution in [3.8, 4) is 11.3 Å². The summed E-state index contributed by atoms with van der Waals surface area (Å²) in [6, 6.07) is 13.6. The average Bonchev–Trinajstić information content (AvgIpc) is 3.40. The van der Waals surface area contributed by atoms with Crippen molar-refractivity contribution < 1.29 is 18.9 Å². The van der Waals surface area contributed by atoms with Crippen LogP contribution in [0.3, 0.4) is 0 Å². The Hall–Kier alpha value is -3.27. The summed E-state index contributed by atoms with van der Waals surface area (Å²) in [6.45, 7) is 4.49. The fraction of sp³-hybridized carbons (Fsp3) is 0.320. The highest BCUT2D eigenvalue weighted by Crippen LogP contribution is 2.34. The second-order valence-electron chi connectivity index (χ2n) is 8.60. The van der Waals surface area contributed by atoms with E-state index in [4.69, 9.17) is 32.4 Å². The zero-order valence-corrected chi connectivity index (χ0v) is 20.9. The molecule has 2 fully saturated rings. The number of hydrogen-bond acceptors (Lipinski definition) is 7. The van der Waals surface area contributed by atoms with Gasteiger partial charge in [-0.15, -0.1) is 0 Å². The number of morpholine rings is 1. The number of piperazine rings is 1. The lowest BCUT2D eigenvalue weighted by atomic mass is 10.1. The van der Waals surface area contributed by atoms with Crippen molar-refractivity contribution >= 4 is 46.2 Å². The van der Waals surface area contributed by atoms with Crippen molar-refractivity contribution in [2.45, 2.75) is 0 Å². The number of anilines is 2. The number of hydrogen-bond donors (Lipinski definition) is 0. The van der Waals surface area contributed by atoms with E-state index in [0.29, 0.717) is 79.5 Å². The number of amides is 1. The quantitative estimate of drug-likeness (QED) is 0.340. The smallest absolute Gasteiger partial charge is 0.292 e. The first kappa shape index (κ1) is 24.4. The first-order chi connectivity index (χ1) is 17.4. The van der Waals surface area contributed by atoms with Gasteiger partial charge in [0.2, 0.25) is 0 Å². The van der Waals surface area contributed by atoms with Gasteiger partial charge in [0.1, 0.15) is 11.4 Å². The first-order valence-corrected chi connectivity index (χ1v) is 12.4. The molecule has 0 spiro atoms. The fourth-order valence-electron chi connectivity index (χ4n) is 4.53. The molecule has 0 aliphatic carbocycles. The molecule has 36 heavy (non-hydrogen) atoms. The molecular formula is C25H24Cl2N4O5. The molecule has 0 bridgehead atoms. The minimum absolute atomic E-state index is 0.0860. The molecule has 3 aromatic rings. The van der Waals surface area contributed by atoms with E-state index < -0.39 is 0 Å². The number of halogens is 2. The van der Waals surface area contributed by atoms with Crippen LogP contribution in [0.4, 0.5) is 17.1 Å². The fourth-order valence-corrected chi connectivity index (χ4v) is 4.91. The number of rotatable bonds is 5. The molecule has 188 valence electrons. The minimum atomic E-state index is -0.348. The van der Waals surface area contributed by atoms with Gasteiger partial charge in [-0.05, 0) is 42.5 Å². The maximum atomic E-state index is 13.1. The Bertz CT molecular complexity index is 1280. The molecule has 9 nitrogen and oxygen atoms in total. The number of nitrogens with zero attached hydrogens (tertiary/aromatic N) is 4. The van der Waals surface area contributed by atoms with E-state index in [0.717, 1.165) is 5.69 Å². The van der Waals surface area contributed by atoms with Crippen molar-refractivity contribution in [1.82, 2.24) is 4.90 Å². The molecule has 0 N–H and O–H groups in total. The van der Waals surface area contributed by atoms with Crippen molar-refractivity contribution in [3.63, 3.8) is 0 Å². The van der Waals surface area contributed by atoms with Crippen LogP contribution in [-0.4, -0.2) is 68.2 Å². The standard InChI is InChI=1S/C25H24Cl2N4O5/c26-17-1-3-20(27)19(15-17)23-5-6-24(36-23)25(32)30-9-7-28(8-10-30)18-2-4-21(31(33)34)22(16-18)29-11-13-35-14-12-29/h1-6,15-16H,7-14H2. The third-order valence-electron chi connectivity index (χ3n) is 6.45. The zero-order chi connectivity index (χ0) is 25.2. The van der Waals surface area contributed by atoms with E-state index in [1.54, 1.807) is 47.4 Å². The van der Waals surface area contributed by atoms with Gasteiger partial charge < -0.3 is 23.9 Å². The van der Waals surface area contributed by atoms with Gasteiger partial charge in [0.25, 0.3) is 11.6 Å². The van der Waals surface area contributed by atoms with Crippen LogP contribution in [0.2, 0.25) is 10.0 Å². The van der Waals surface area contributed by atoms with Crippen molar-refractivity contribution in [2.24, 2.45) is 0 Å². The van der Waals surface area contributed by atoms with Crippen LogP contribution in [0.25, 0.3) is 11.3 Å². The van der Waals surface area contributed by atoms with Crippen molar-refractivity contribution in [3.05, 3.63) is 74.5 Å². The molecule has 1 amide bonds. The molecule has 2 saturated heterocycles. The van der Waals surface area contributed by atoms with E-state index in [1.165, 1.54) is 0 Å². The summed E-state index contributed by atoms with van der Waals surface area (Å²) in [5.74, 6) is 0.516. The van der Waals surface area contributed by atoms with Crippen LogP contribution in [0.1, 0.15) is 10.6 Å². The predicted octanol–water partition coefficient (Wildman–Crippen LogP) is 4.96. The van der Waals surface area contributed by atoms with E-state index >= 15 is 0 Å². The van der Waals surface area contributed by atoms with E-state index in [2.05, 4.69) is 4.90 Å². The topological polar surface area (TPSA) is 92.3 Å². The zero-order valence-electron chi connectivity index (χ0n) is 19.4. The molecule has 5 rings (SSSR count). The van der Waals surface area contributed by atoms with Crippen LogP contribution in [-0.2, 0) is 4.74 Å². The molecule has 2 aliphatic rings. The lowest BCUT2D eigenvalue weighted by Crippen LogP contribution is -2.48. The van der Waals surface area contributed by atoms with Gasteiger partial charge in [-0.3, -0.25) is 14.9 Å². The summed E-state index contributed by atoms with van der Waals surface area (Å²) in [7, 11) is 0. The second-order valence-corrected chi connectivity index (χ2v) is 9.44. The molecule has 0 radical (unpaired) electrons. The van der Waals surface area contributed by atoms with Gasteiger partial charge in [0.15, 0.2) is 5.76 Å². The molecule has 0 saturated carbocycles.